The molecule has 0 aliphatic rings. The standard InChI is InChI=1S/C13H16O3/c1-4-16-13(15)12(8-14)11-7-9(2)5-6-10(11)3/h5-8,14H,4H2,1-3H3/b12-8+. The van der Waals surface area contributed by atoms with Gasteiger partial charge in [0, 0.05) is 0 Å². The average molecular weight is 220 g/mol. The molecule has 1 N–H and O–H groups in total. The highest BCUT2D eigenvalue weighted by Gasteiger charge is 2.15. The van der Waals surface area contributed by atoms with Gasteiger partial charge in [0.1, 0.15) is 5.57 Å². The molecule has 3 heteroatoms. The first-order valence-corrected chi connectivity index (χ1v) is 5.19. The molecule has 0 heterocycles. The molecular formula is C13H16O3. The number of carbonyl (C=O) groups excluding carboxylic acids is 1. The Morgan fingerprint density at radius 1 is 1.44 bits per heavy atom. The molecule has 0 fully saturated rings. The highest BCUT2D eigenvalue weighted by Crippen LogP contribution is 2.21. The quantitative estimate of drug-likeness (QED) is 0.484. The van der Waals surface area contributed by atoms with E-state index >= 15 is 0 Å². The van der Waals surface area contributed by atoms with Gasteiger partial charge in [0.05, 0.1) is 12.9 Å². The molecule has 0 radical (unpaired) electrons. The van der Waals surface area contributed by atoms with Crippen molar-refractivity contribution in [2.24, 2.45) is 0 Å². The molecule has 0 saturated heterocycles. The molecule has 0 aliphatic carbocycles. The van der Waals surface area contributed by atoms with Crippen molar-refractivity contribution in [2.75, 3.05) is 6.61 Å². The van der Waals surface area contributed by atoms with Crippen LogP contribution >= 0.6 is 0 Å². The molecule has 0 saturated carbocycles. The van der Waals surface area contributed by atoms with Crippen molar-refractivity contribution in [2.45, 2.75) is 20.8 Å². The number of carbonyl (C=O) groups is 1. The molecule has 0 atom stereocenters. The van der Waals surface area contributed by atoms with Crippen molar-refractivity contribution in [3.05, 3.63) is 41.2 Å². The molecule has 0 aliphatic heterocycles. The number of esters is 1. The van der Waals surface area contributed by atoms with Crippen molar-refractivity contribution in [1.29, 1.82) is 0 Å². The number of aliphatic hydroxyl groups is 1. The number of aryl methyl sites for hydroxylation is 2. The Morgan fingerprint density at radius 3 is 2.69 bits per heavy atom. The maximum absolute atomic E-state index is 11.6. The third-order valence-electron chi connectivity index (χ3n) is 2.31. The lowest BCUT2D eigenvalue weighted by Crippen LogP contribution is -2.08. The lowest BCUT2D eigenvalue weighted by atomic mass is 9.99. The Labute approximate surface area is 95.4 Å². The van der Waals surface area contributed by atoms with Crippen LogP contribution in [0.25, 0.3) is 5.57 Å². The van der Waals surface area contributed by atoms with Gasteiger partial charge in [0.25, 0.3) is 0 Å². The largest absolute Gasteiger partial charge is 0.515 e. The molecule has 1 rings (SSSR count). The molecule has 86 valence electrons. The third-order valence-corrected chi connectivity index (χ3v) is 2.31. The summed E-state index contributed by atoms with van der Waals surface area (Å²) in [5, 5.41) is 9.13. The van der Waals surface area contributed by atoms with Crippen LogP contribution in [0.1, 0.15) is 23.6 Å². The van der Waals surface area contributed by atoms with E-state index in [1.54, 1.807) is 6.92 Å². The molecule has 0 spiro atoms. The second-order valence-electron chi connectivity index (χ2n) is 3.58. The summed E-state index contributed by atoms with van der Waals surface area (Å²) in [5.41, 5.74) is 2.87. The summed E-state index contributed by atoms with van der Waals surface area (Å²) in [5.74, 6) is -0.501. The number of rotatable bonds is 3. The van der Waals surface area contributed by atoms with Gasteiger partial charge in [-0.05, 0) is 31.9 Å². The topological polar surface area (TPSA) is 46.5 Å². The number of benzene rings is 1. The molecule has 1 aromatic rings. The Bertz CT molecular complexity index is 419. The fourth-order valence-corrected chi connectivity index (χ4v) is 1.47. The van der Waals surface area contributed by atoms with Crippen LogP contribution in [0.15, 0.2) is 24.5 Å². The SMILES string of the molecule is CCOC(=O)/C(=C/O)c1cc(C)ccc1C. The molecule has 3 nitrogen and oxygen atoms in total. The second-order valence-corrected chi connectivity index (χ2v) is 3.58. The molecular weight excluding hydrogens is 204 g/mol. The van der Waals surface area contributed by atoms with E-state index in [4.69, 9.17) is 9.84 Å². The molecule has 0 amide bonds. The Morgan fingerprint density at radius 2 is 2.12 bits per heavy atom. The Hall–Kier alpha value is -1.77. The number of aliphatic hydroxyl groups excluding tert-OH is 1. The van der Waals surface area contributed by atoms with Gasteiger partial charge in [-0.15, -0.1) is 0 Å². The average Bonchev–Trinajstić information content (AvgIpc) is 2.24. The van der Waals surface area contributed by atoms with Crippen LogP contribution in [0.3, 0.4) is 0 Å². The monoisotopic (exact) mass is 220 g/mol. The van der Waals surface area contributed by atoms with E-state index in [2.05, 4.69) is 0 Å². The van der Waals surface area contributed by atoms with Crippen LogP contribution in [0.2, 0.25) is 0 Å². The minimum atomic E-state index is -0.501. The maximum Gasteiger partial charge on any atom is 0.341 e. The van der Waals surface area contributed by atoms with Gasteiger partial charge >= 0.3 is 5.97 Å². The van der Waals surface area contributed by atoms with Crippen molar-refractivity contribution < 1.29 is 14.6 Å². The predicted molar refractivity (Wildman–Crippen MR) is 63.2 cm³/mol. The van der Waals surface area contributed by atoms with Gasteiger partial charge in [0.2, 0.25) is 0 Å². The summed E-state index contributed by atoms with van der Waals surface area (Å²) >= 11 is 0. The number of ether oxygens (including phenoxy) is 1. The van der Waals surface area contributed by atoms with Gasteiger partial charge in [-0.3, -0.25) is 0 Å². The van der Waals surface area contributed by atoms with Gasteiger partial charge in [-0.2, -0.15) is 0 Å². The molecule has 16 heavy (non-hydrogen) atoms. The second kappa shape index (κ2) is 5.35. The van der Waals surface area contributed by atoms with Crippen LogP contribution in [-0.2, 0) is 9.53 Å². The van der Waals surface area contributed by atoms with E-state index in [9.17, 15) is 4.79 Å². The van der Waals surface area contributed by atoms with Gasteiger partial charge < -0.3 is 9.84 Å². The fourth-order valence-electron chi connectivity index (χ4n) is 1.47. The third kappa shape index (κ3) is 2.63. The highest BCUT2D eigenvalue weighted by atomic mass is 16.5. The molecule has 0 unspecified atom stereocenters. The van der Waals surface area contributed by atoms with Crippen LogP contribution in [-0.4, -0.2) is 17.7 Å². The van der Waals surface area contributed by atoms with Crippen LogP contribution in [0, 0.1) is 13.8 Å². The highest BCUT2D eigenvalue weighted by molar-refractivity contribution is 6.16. The van der Waals surface area contributed by atoms with E-state index < -0.39 is 5.97 Å². The van der Waals surface area contributed by atoms with Gasteiger partial charge in [-0.25, -0.2) is 4.79 Å². The zero-order valence-electron chi connectivity index (χ0n) is 9.78. The van der Waals surface area contributed by atoms with E-state index in [0.717, 1.165) is 17.4 Å². The van der Waals surface area contributed by atoms with E-state index in [1.165, 1.54) is 0 Å². The normalized spacial score (nSPS) is 11.3. The predicted octanol–water partition coefficient (Wildman–Crippen LogP) is 2.77. The molecule has 0 bridgehead atoms. The summed E-state index contributed by atoms with van der Waals surface area (Å²) < 4.78 is 4.88. The summed E-state index contributed by atoms with van der Waals surface area (Å²) in [6, 6.07) is 5.72. The van der Waals surface area contributed by atoms with Gasteiger partial charge in [0.15, 0.2) is 0 Å². The van der Waals surface area contributed by atoms with Crippen LogP contribution in [0.4, 0.5) is 0 Å². The van der Waals surface area contributed by atoms with Crippen molar-refractivity contribution in [1.82, 2.24) is 0 Å². The Kier molecular flexibility index (Phi) is 4.11. The first-order chi connectivity index (χ1) is 7.60. The zero-order valence-corrected chi connectivity index (χ0v) is 9.78. The zero-order chi connectivity index (χ0) is 12.1. The van der Waals surface area contributed by atoms with E-state index in [-0.39, 0.29) is 5.57 Å². The first-order valence-electron chi connectivity index (χ1n) is 5.19. The lowest BCUT2D eigenvalue weighted by Gasteiger charge is -2.09. The Balaban J connectivity index is 3.14. The fraction of sp³-hybridized carbons (Fsp3) is 0.308. The molecule has 1 aromatic carbocycles. The summed E-state index contributed by atoms with van der Waals surface area (Å²) in [7, 11) is 0. The van der Waals surface area contributed by atoms with E-state index in [1.807, 2.05) is 32.0 Å². The molecule has 0 aromatic heterocycles. The number of hydrogen-bond acceptors (Lipinski definition) is 3. The van der Waals surface area contributed by atoms with Crippen molar-refractivity contribution in [3.63, 3.8) is 0 Å². The summed E-state index contributed by atoms with van der Waals surface area (Å²) in [6.07, 6.45) is 0.805. The minimum absolute atomic E-state index is 0.197. The summed E-state index contributed by atoms with van der Waals surface area (Å²) in [4.78, 5) is 11.6. The van der Waals surface area contributed by atoms with Gasteiger partial charge in [-0.1, -0.05) is 23.8 Å². The lowest BCUT2D eigenvalue weighted by molar-refractivity contribution is -0.136. The van der Waals surface area contributed by atoms with Crippen LogP contribution in [0.5, 0.6) is 0 Å². The van der Waals surface area contributed by atoms with Crippen molar-refractivity contribution >= 4 is 11.5 Å². The first kappa shape index (κ1) is 12.3. The summed E-state index contributed by atoms with van der Waals surface area (Å²) in [6.45, 7) is 5.84. The number of hydrogen-bond donors (Lipinski definition) is 1. The van der Waals surface area contributed by atoms with Crippen molar-refractivity contribution in [3.8, 4) is 0 Å². The smallest absolute Gasteiger partial charge is 0.341 e. The van der Waals surface area contributed by atoms with Crippen LogP contribution < -0.4 is 0 Å². The minimum Gasteiger partial charge on any atom is -0.515 e. The van der Waals surface area contributed by atoms with E-state index in [0.29, 0.717) is 12.2 Å². The maximum atomic E-state index is 11.6.